The molecule has 1 aliphatic rings. The molecule has 1 aromatic rings. The Morgan fingerprint density at radius 2 is 2.47 bits per heavy atom. The number of rotatable bonds is 3. The first kappa shape index (κ1) is 10.4. The highest BCUT2D eigenvalue weighted by Crippen LogP contribution is 2.25. The lowest BCUT2D eigenvalue weighted by Gasteiger charge is -2.26. The van der Waals surface area contributed by atoms with Crippen LogP contribution in [0.5, 0.6) is 0 Å². The van der Waals surface area contributed by atoms with Crippen LogP contribution < -0.4 is 0 Å². The van der Waals surface area contributed by atoms with Gasteiger partial charge in [0, 0.05) is 18.9 Å². The van der Waals surface area contributed by atoms with Gasteiger partial charge in [0.2, 0.25) is 0 Å². The molecule has 0 amide bonds. The summed E-state index contributed by atoms with van der Waals surface area (Å²) in [6, 6.07) is 0. The zero-order chi connectivity index (χ0) is 10.7. The summed E-state index contributed by atoms with van der Waals surface area (Å²) >= 11 is 0. The lowest BCUT2D eigenvalue weighted by molar-refractivity contribution is 0.0947. The largest absolute Gasteiger partial charge is 0.393 e. The first-order valence-corrected chi connectivity index (χ1v) is 5.44. The van der Waals surface area contributed by atoms with Crippen molar-refractivity contribution in [3.63, 3.8) is 0 Å². The second kappa shape index (κ2) is 4.57. The van der Waals surface area contributed by atoms with Gasteiger partial charge in [0.1, 0.15) is 0 Å². The zero-order valence-electron chi connectivity index (χ0n) is 8.67. The molecule has 15 heavy (non-hydrogen) atoms. The first-order valence-electron chi connectivity index (χ1n) is 5.44. The fraction of sp³-hybridized carbons (Fsp3) is 0.636. The van der Waals surface area contributed by atoms with E-state index in [0.29, 0.717) is 11.7 Å². The van der Waals surface area contributed by atoms with Crippen molar-refractivity contribution in [2.45, 2.75) is 38.3 Å². The SMILES string of the molecule is O=Cc1nccn1CC1CCCC(O)C1. The average Bonchev–Trinajstić information content (AvgIpc) is 2.65. The summed E-state index contributed by atoms with van der Waals surface area (Å²) < 4.78 is 1.87. The third kappa shape index (κ3) is 2.45. The van der Waals surface area contributed by atoms with Crippen LogP contribution in [0.15, 0.2) is 12.4 Å². The molecule has 1 aromatic heterocycles. The second-order valence-corrected chi connectivity index (χ2v) is 4.24. The van der Waals surface area contributed by atoms with Crippen molar-refractivity contribution < 1.29 is 9.90 Å². The molecule has 4 nitrogen and oxygen atoms in total. The summed E-state index contributed by atoms with van der Waals surface area (Å²) in [6.45, 7) is 0.797. The van der Waals surface area contributed by atoms with Crippen LogP contribution >= 0.6 is 0 Å². The van der Waals surface area contributed by atoms with E-state index >= 15 is 0 Å². The van der Waals surface area contributed by atoms with Crippen LogP contribution in [0, 0.1) is 5.92 Å². The maximum atomic E-state index is 10.7. The number of hydrogen-bond acceptors (Lipinski definition) is 3. The Balaban J connectivity index is 1.98. The fourth-order valence-corrected chi connectivity index (χ4v) is 2.30. The van der Waals surface area contributed by atoms with Crippen molar-refractivity contribution in [3.05, 3.63) is 18.2 Å². The molecule has 2 rings (SSSR count). The normalized spacial score (nSPS) is 26.5. The van der Waals surface area contributed by atoms with Gasteiger partial charge in [0.25, 0.3) is 0 Å². The van der Waals surface area contributed by atoms with Crippen LogP contribution in [0.3, 0.4) is 0 Å². The molecule has 0 spiro atoms. The van der Waals surface area contributed by atoms with Gasteiger partial charge in [-0.15, -0.1) is 0 Å². The molecule has 2 atom stereocenters. The molecule has 1 N–H and O–H groups in total. The lowest BCUT2D eigenvalue weighted by atomic mass is 9.87. The summed E-state index contributed by atoms with van der Waals surface area (Å²) in [4.78, 5) is 14.6. The molecular weight excluding hydrogens is 192 g/mol. The minimum absolute atomic E-state index is 0.160. The highest BCUT2D eigenvalue weighted by molar-refractivity contribution is 5.69. The van der Waals surface area contributed by atoms with Crippen molar-refractivity contribution in [2.75, 3.05) is 0 Å². The number of carbonyl (C=O) groups is 1. The third-order valence-corrected chi connectivity index (χ3v) is 3.06. The Labute approximate surface area is 88.9 Å². The summed E-state index contributed by atoms with van der Waals surface area (Å²) in [5, 5.41) is 9.54. The molecule has 1 aliphatic carbocycles. The Morgan fingerprint density at radius 1 is 1.60 bits per heavy atom. The highest BCUT2D eigenvalue weighted by atomic mass is 16.3. The number of aromatic nitrogens is 2. The van der Waals surface area contributed by atoms with Crippen molar-refractivity contribution in [1.82, 2.24) is 9.55 Å². The van der Waals surface area contributed by atoms with Gasteiger partial charge in [0.05, 0.1) is 6.10 Å². The Hall–Kier alpha value is -1.16. The van der Waals surface area contributed by atoms with Gasteiger partial charge in [-0.25, -0.2) is 4.98 Å². The predicted molar refractivity (Wildman–Crippen MR) is 55.6 cm³/mol. The van der Waals surface area contributed by atoms with E-state index in [-0.39, 0.29) is 6.10 Å². The van der Waals surface area contributed by atoms with Crippen molar-refractivity contribution in [1.29, 1.82) is 0 Å². The Kier molecular flexibility index (Phi) is 3.16. The zero-order valence-corrected chi connectivity index (χ0v) is 8.67. The van der Waals surface area contributed by atoms with Crippen molar-refractivity contribution >= 4 is 6.29 Å². The summed E-state index contributed by atoms with van der Waals surface area (Å²) in [6.07, 6.45) is 8.06. The fourth-order valence-electron chi connectivity index (χ4n) is 2.30. The van der Waals surface area contributed by atoms with Crippen molar-refractivity contribution in [2.24, 2.45) is 5.92 Å². The van der Waals surface area contributed by atoms with Gasteiger partial charge in [-0.2, -0.15) is 0 Å². The van der Waals surface area contributed by atoms with Gasteiger partial charge in [-0.05, 0) is 25.2 Å². The number of imidazole rings is 1. The molecule has 2 unspecified atom stereocenters. The molecule has 0 bridgehead atoms. The van der Waals surface area contributed by atoms with Crippen LogP contribution in [0.4, 0.5) is 0 Å². The number of aldehydes is 1. The lowest BCUT2D eigenvalue weighted by Crippen LogP contribution is -2.23. The molecule has 82 valence electrons. The van der Waals surface area contributed by atoms with Crippen LogP contribution in [0.2, 0.25) is 0 Å². The smallest absolute Gasteiger partial charge is 0.185 e. The minimum atomic E-state index is -0.160. The minimum Gasteiger partial charge on any atom is -0.393 e. The van der Waals surface area contributed by atoms with E-state index in [4.69, 9.17) is 0 Å². The molecule has 1 fully saturated rings. The van der Waals surface area contributed by atoms with Crippen LogP contribution in [-0.4, -0.2) is 27.0 Å². The van der Waals surface area contributed by atoms with E-state index in [1.807, 2.05) is 10.8 Å². The molecule has 1 saturated carbocycles. The highest BCUT2D eigenvalue weighted by Gasteiger charge is 2.20. The van der Waals surface area contributed by atoms with Gasteiger partial charge in [-0.1, -0.05) is 6.42 Å². The quantitative estimate of drug-likeness (QED) is 0.760. The number of aliphatic hydroxyl groups is 1. The molecule has 4 heteroatoms. The van der Waals surface area contributed by atoms with E-state index in [1.54, 1.807) is 6.20 Å². The second-order valence-electron chi connectivity index (χ2n) is 4.24. The van der Waals surface area contributed by atoms with E-state index in [2.05, 4.69) is 4.98 Å². The van der Waals surface area contributed by atoms with Gasteiger partial charge in [0.15, 0.2) is 12.1 Å². The van der Waals surface area contributed by atoms with E-state index in [9.17, 15) is 9.90 Å². The average molecular weight is 208 g/mol. The molecule has 1 heterocycles. The summed E-state index contributed by atoms with van der Waals surface area (Å²) in [7, 11) is 0. The third-order valence-electron chi connectivity index (χ3n) is 3.06. The molecule has 0 saturated heterocycles. The number of carbonyl (C=O) groups excluding carboxylic acids is 1. The van der Waals surface area contributed by atoms with E-state index < -0.39 is 0 Å². The van der Waals surface area contributed by atoms with Gasteiger partial charge >= 0.3 is 0 Å². The van der Waals surface area contributed by atoms with Crippen LogP contribution in [0.1, 0.15) is 36.3 Å². The van der Waals surface area contributed by atoms with Gasteiger partial charge < -0.3 is 9.67 Å². The van der Waals surface area contributed by atoms with Crippen molar-refractivity contribution in [3.8, 4) is 0 Å². The maximum Gasteiger partial charge on any atom is 0.185 e. The monoisotopic (exact) mass is 208 g/mol. The standard InChI is InChI=1S/C11H16N2O2/c14-8-11-12-4-5-13(11)7-9-2-1-3-10(15)6-9/h4-5,8-10,15H,1-3,6-7H2. The first-order chi connectivity index (χ1) is 7.29. The van der Waals surface area contributed by atoms with Crippen LogP contribution in [0.25, 0.3) is 0 Å². The van der Waals surface area contributed by atoms with E-state index in [0.717, 1.165) is 38.5 Å². The number of nitrogens with zero attached hydrogens (tertiary/aromatic N) is 2. The number of hydrogen-bond donors (Lipinski definition) is 1. The number of aliphatic hydroxyl groups excluding tert-OH is 1. The maximum absolute atomic E-state index is 10.7. The molecule has 0 radical (unpaired) electrons. The van der Waals surface area contributed by atoms with Crippen LogP contribution in [-0.2, 0) is 6.54 Å². The predicted octanol–water partition coefficient (Wildman–Crippen LogP) is 1.25. The summed E-state index contributed by atoms with van der Waals surface area (Å²) in [5.74, 6) is 0.955. The van der Waals surface area contributed by atoms with E-state index in [1.165, 1.54) is 0 Å². The Bertz CT molecular complexity index is 335. The molecule has 0 aromatic carbocycles. The molecular formula is C11H16N2O2. The summed E-state index contributed by atoms with van der Waals surface area (Å²) in [5.41, 5.74) is 0. The topological polar surface area (TPSA) is 55.1 Å². The van der Waals surface area contributed by atoms with Gasteiger partial charge in [-0.3, -0.25) is 4.79 Å². The Morgan fingerprint density at radius 3 is 3.20 bits per heavy atom. The molecule has 0 aliphatic heterocycles.